The highest BCUT2D eigenvalue weighted by Gasteiger charge is 2.20. The third-order valence-corrected chi connectivity index (χ3v) is 3.23. The number of hydrogen-bond acceptors (Lipinski definition) is 2. The molecular formula is C12H20N2O. The quantitative estimate of drug-likeness (QED) is 0.827. The SMILES string of the molecule is CCCc1cnn(C2CCC(O)CC2)c1. The highest BCUT2D eigenvalue weighted by Crippen LogP contribution is 2.27. The van der Waals surface area contributed by atoms with E-state index in [2.05, 4.69) is 22.9 Å². The van der Waals surface area contributed by atoms with Crippen molar-refractivity contribution >= 4 is 0 Å². The summed E-state index contributed by atoms with van der Waals surface area (Å²) in [7, 11) is 0. The molecule has 0 amide bonds. The van der Waals surface area contributed by atoms with Crippen molar-refractivity contribution in [1.82, 2.24) is 9.78 Å². The zero-order chi connectivity index (χ0) is 10.7. The Hall–Kier alpha value is -0.830. The van der Waals surface area contributed by atoms with Gasteiger partial charge in [0.25, 0.3) is 0 Å². The Balaban J connectivity index is 1.96. The molecule has 0 spiro atoms. The van der Waals surface area contributed by atoms with Gasteiger partial charge in [0.15, 0.2) is 0 Å². The van der Waals surface area contributed by atoms with Crippen LogP contribution in [0.25, 0.3) is 0 Å². The van der Waals surface area contributed by atoms with Crippen LogP contribution in [-0.4, -0.2) is 21.0 Å². The lowest BCUT2D eigenvalue weighted by Gasteiger charge is -2.25. The summed E-state index contributed by atoms with van der Waals surface area (Å²) in [4.78, 5) is 0. The van der Waals surface area contributed by atoms with Crippen molar-refractivity contribution in [2.24, 2.45) is 0 Å². The van der Waals surface area contributed by atoms with Crippen LogP contribution in [-0.2, 0) is 6.42 Å². The number of aryl methyl sites for hydroxylation is 1. The molecule has 0 aromatic carbocycles. The maximum Gasteiger partial charge on any atom is 0.0541 e. The molecule has 15 heavy (non-hydrogen) atoms. The molecule has 2 rings (SSSR count). The summed E-state index contributed by atoms with van der Waals surface area (Å²) in [6.07, 6.45) is 10.3. The Morgan fingerprint density at radius 1 is 1.40 bits per heavy atom. The average Bonchev–Trinajstić information content (AvgIpc) is 2.68. The summed E-state index contributed by atoms with van der Waals surface area (Å²) in [5.41, 5.74) is 1.34. The van der Waals surface area contributed by atoms with Gasteiger partial charge in [0, 0.05) is 6.20 Å². The first kappa shape index (κ1) is 10.7. The van der Waals surface area contributed by atoms with Crippen LogP contribution in [0.1, 0.15) is 50.6 Å². The fourth-order valence-corrected chi connectivity index (χ4v) is 2.32. The maximum absolute atomic E-state index is 9.43. The molecule has 0 saturated heterocycles. The van der Waals surface area contributed by atoms with Crippen molar-refractivity contribution in [3.63, 3.8) is 0 Å². The van der Waals surface area contributed by atoms with Crippen LogP contribution in [0.3, 0.4) is 0 Å². The smallest absolute Gasteiger partial charge is 0.0541 e. The summed E-state index contributed by atoms with van der Waals surface area (Å²) in [5.74, 6) is 0. The monoisotopic (exact) mass is 208 g/mol. The lowest BCUT2D eigenvalue weighted by atomic mass is 9.93. The summed E-state index contributed by atoms with van der Waals surface area (Å²) >= 11 is 0. The first-order valence-electron chi connectivity index (χ1n) is 6.00. The van der Waals surface area contributed by atoms with Crippen LogP contribution in [0.5, 0.6) is 0 Å². The van der Waals surface area contributed by atoms with Gasteiger partial charge >= 0.3 is 0 Å². The molecule has 1 heterocycles. The standard InChI is InChI=1S/C12H20N2O/c1-2-3-10-8-13-14(9-10)11-4-6-12(15)7-5-11/h8-9,11-12,15H,2-7H2,1H3. The lowest BCUT2D eigenvalue weighted by molar-refractivity contribution is 0.108. The van der Waals surface area contributed by atoms with E-state index in [-0.39, 0.29) is 6.10 Å². The van der Waals surface area contributed by atoms with Crippen LogP contribution in [0.2, 0.25) is 0 Å². The van der Waals surface area contributed by atoms with E-state index in [9.17, 15) is 5.11 Å². The third-order valence-electron chi connectivity index (χ3n) is 3.23. The van der Waals surface area contributed by atoms with Gasteiger partial charge in [0.05, 0.1) is 18.3 Å². The predicted molar refractivity (Wildman–Crippen MR) is 59.7 cm³/mol. The second kappa shape index (κ2) is 4.79. The number of aliphatic hydroxyl groups excluding tert-OH is 1. The summed E-state index contributed by atoms with van der Waals surface area (Å²) in [6.45, 7) is 2.19. The van der Waals surface area contributed by atoms with Gasteiger partial charge in [0.1, 0.15) is 0 Å². The first-order chi connectivity index (χ1) is 7.29. The molecule has 1 aliphatic carbocycles. The van der Waals surface area contributed by atoms with Gasteiger partial charge in [-0.05, 0) is 37.7 Å². The Morgan fingerprint density at radius 3 is 2.80 bits per heavy atom. The van der Waals surface area contributed by atoms with E-state index >= 15 is 0 Å². The maximum atomic E-state index is 9.43. The van der Waals surface area contributed by atoms with Crippen molar-refractivity contribution in [2.75, 3.05) is 0 Å². The van der Waals surface area contributed by atoms with Gasteiger partial charge in [-0.1, -0.05) is 13.3 Å². The second-order valence-electron chi connectivity index (χ2n) is 4.54. The third kappa shape index (κ3) is 2.59. The molecule has 1 aromatic heterocycles. The van der Waals surface area contributed by atoms with Crippen molar-refractivity contribution in [3.05, 3.63) is 18.0 Å². The van der Waals surface area contributed by atoms with Gasteiger partial charge < -0.3 is 5.11 Å². The Labute approximate surface area is 91.1 Å². The zero-order valence-electron chi connectivity index (χ0n) is 9.39. The molecular weight excluding hydrogens is 188 g/mol. The molecule has 1 aromatic rings. The molecule has 3 nitrogen and oxygen atoms in total. The number of nitrogens with zero attached hydrogens (tertiary/aromatic N) is 2. The molecule has 1 N–H and O–H groups in total. The molecule has 84 valence electrons. The van der Waals surface area contributed by atoms with E-state index in [0.29, 0.717) is 6.04 Å². The molecule has 1 aliphatic rings. The van der Waals surface area contributed by atoms with E-state index in [1.165, 1.54) is 12.0 Å². The minimum absolute atomic E-state index is 0.0769. The van der Waals surface area contributed by atoms with Crippen LogP contribution in [0, 0.1) is 0 Å². The van der Waals surface area contributed by atoms with Gasteiger partial charge in [-0.2, -0.15) is 5.10 Å². The molecule has 0 aliphatic heterocycles. The fourth-order valence-electron chi connectivity index (χ4n) is 2.32. The topological polar surface area (TPSA) is 38.0 Å². The van der Waals surface area contributed by atoms with Crippen LogP contribution in [0.4, 0.5) is 0 Å². The van der Waals surface area contributed by atoms with Crippen LogP contribution in [0.15, 0.2) is 12.4 Å². The van der Waals surface area contributed by atoms with Gasteiger partial charge in [-0.15, -0.1) is 0 Å². The molecule has 3 heteroatoms. The van der Waals surface area contributed by atoms with Crippen molar-refractivity contribution in [2.45, 2.75) is 57.6 Å². The number of hydrogen-bond donors (Lipinski definition) is 1. The summed E-state index contributed by atoms with van der Waals surface area (Å²) < 4.78 is 2.09. The average molecular weight is 208 g/mol. The van der Waals surface area contributed by atoms with Gasteiger partial charge in [0.2, 0.25) is 0 Å². The number of aromatic nitrogens is 2. The minimum Gasteiger partial charge on any atom is -0.393 e. The second-order valence-corrected chi connectivity index (χ2v) is 4.54. The van der Waals surface area contributed by atoms with E-state index in [0.717, 1.165) is 32.1 Å². The van der Waals surface area contributed by atoms with Crippen molar-refractivity contribution in [3.8, 4) is 0 Å². The fraction of sp³-hybridized carbons (Fsp3) is 0.750. The predicted octanol–water partition coefficient (Wildman–Crippen LogP) is 2.31. The molecule has 1 saturated carbocycles. The molecule has 1 fully saturated rings. The van der Waals surface area contributed by atoms with Crippen LogP contribution < -0.4 is 0 Å². The first-order valence-corrected chi connectivity index (χ1v) is 6.00. The summed E-state index contributed by atoms with van der Waals surface area (Å²) in [6, 6.07) is 0.513. The summed E-state index contributed by atoms with van der Waals surface area (Å²) in [5, 5.41) is 13.9. The van der Waals surface area contributed by atoms with E-state index in [4.69, 9.17) is 0 Å². The van der Waals surface area contributed by atoms with Gasteiger partial charge in [-0.25, -0.2) is 0 Å². The Morgan fingerprint density at radius 2 is 2.13 bits per heavy atom. The van der Waals surface area contributed by atoms with Crippen LogP contribution >= 0.6 is 0 Å². The number of rotatable bonds is 3. The Bertz CT molecular complexity index is 300. The molecule has 0 bridgehead atoms. The van der Waals surface area contributed by atoms with E-state index in [1.54, 1.807) is 0 Å². The normalized spacial score (nSPS) is 26.8. The number of aliphatic hydroxyl groups is 1. The van der Waals surface area contributed by atoms with Crippen molar-refractivity contribution < 1.29 is 5.11 Å². The molecule has 0 unspecified atom stereocenters. The zero-order valence-corrected chi connectivity index (χ0v) is 9.39. The minimum atomic E-state index is -0.0769. The van der Waals surface area contributed by atoms with E-state index in [1.807, 2.05) is 6.20 Å². The van der Waals surface area contributed by atoms with Crippen molar-refractivity contribution in [1.29, 1.82) is 0 Å². The highest BCUT2D eigenvalue weighted by atomic mass is 16.3. The molecule has 0 atom stereocenters. The Kier molecular flexibility index (Phi) is 3.41. The van der Waals surface area contributed by atoms with E-state index < -0.39 is 0 Å². The van der Waals surface area contributed by atoms with Gasteiger partial charge in [-0.3, -0.25) is 4.68 Å². The largest absolute Gasteiger partial charge is 0.393 e. The highest BCUT2D eigenvalue weighted by molar-refractivity contribution is 5.04. The molecule has 0 radical (unpaired) electrons. The lowest BCUT2D eigenvalue weighted by Crippen LogP contribution is -2.21.